The summed E-state index contributed by atoms with van der Waals surface area (Å²) in [6, 6.07) is 0. The van der Waals surface area contributed by atoms with Crippen LogP contribution in [-0.4, -0.2) is 97.2 Å². The maximum Gasteiger partial charge on any atom is 0.208 e. The minimum atomic E-state index is -1.74. The third kappa shape index (κ3) is 2.97. The van der Waals surface area contributed by atoms with Crippen molar-refractivity contribution in [3.63, 3.8) is 0 Å². The Hall–Kier alpha value is -0.820. The first-order valence-corrected chi connectivity index (χ1v) is 8.06. The molecule has 1 saturated carbocycles. The monoisotopic (exact) mass is 364 g/mol. The molecule has 3 rings (SSSR count). The normalized spacial score (nSPS) is 55.7. The zero-order chi connectivity index (χ0) is 18.5. The van der Waals surface area contributed by atoms with Crippen LogP contribution in [0.2, 0.25) is 0 Å². The fraction of sp³-hybridized carbons (Fsp3) is 0.867. The maximum absolute atomic E-state index is 10.5. The molecule has 3 aliphatic rings. The van der Waals surface area contributed by atoms with Gasteiger partial charge in [0.15, 0.2) is 6.29 Å². The van der Waals surface area contributed by atoms with Gasteiger partial charge in [-0.1, -0.05) is 0 Å². The lowest BCUT2D eigenvalue weighted by molar-refractivity contribution is -0.346. The van der Waals surface area contributed by atoms with Crippen LogP contribution in [0.15, 0.2) is 12.3 Å². The average Bonchev–Trinajstić information content (AvgIpc) is 2.77. The fourth-order valence-electron chi connectivity index (χ4n) is 3.77. The number of rotatable bonds is 3. The number of hydrogen-bond donors (Lipinski definition) is 7. The summed E-state index contributed by atoms with van der Waals surface area (Å²) in [6.07, 6.45) is -8.54. The molecule has 25 heavy (non-hydrogen) atoms. The summed E-state index contributed by atoms with van der Waals surface area (Å²) in [6.45, 7) is 0.717. The fourth-order valence-corrected chi connectivity index (χ4v) is 3.77. The molecule has 0 bridgehead atoms. The van der Waals surface area contributed by atoms with E-state index in [0.717, 1.165) is 0 Å². The maximum atomic E-state index is 10.5. The molecule has 0 aromatic rings. The Morgan fingerprint density at radius 2 is 1.68 bits per heavy atom. The number of aliphatic hydroxyl groups excluding tert-OH is 6. The van der Waals surface area contributed by atoms with Gasteiger partial charge in [-0.25, -0.2) is 0 Å². The lowest BCUT2D eigenvalue weighted by Gasteiger charge is -2.43. The van der Waals surface area contributed by atoms with Gasteiger partial charge in [0, 0.05) is 5.92 Å². The number of hydrogen-bond acceptors (Lipinski definition) is 10. The third-order valence-corrected chi connectivity index (χ3v) is 5.33. The van der Waals surface area contributed by atoms with E-state index in [1.807, 2.05) is 0 Å². The molecule has 144 valence electrons. The van der Waals surface area contributed by atoms with Gasteiger partial charge in [-0.05, 0) is 13.0 Å². The summed E-state index contributed by atoms with van der Waals surface area (Å²) in [5.41, 5.74) is -1.74. The molecule has 7 N–H and O–H groups in total. The van der Waals surface area contributed by atoms with Gasteiger partial charge in [-0.2, -0.15) is 0 Å². The van der Waals surface area contributed by atoms with Crippen molar-refractivity contribution in [2.45, 2.75) is 61.7 Å². The van der Waals surface area contributed by atoms with E-state index < -0.39 is 73.2 Å². The standard InChI is InChI=1S/C15H24O10/c1-15(22)7-5(8(17)12(15)21)2-3-23-13(7)25-14-11(20)10(19)9(18)6(4-16)24-14/h2-3,5-14,16-22H,4H2,1H3/t5-,6-,7-,8-,9-,10+,11-,12+,13+,14+,15-/m1/s1. The van der Waals surface area contributed by atoms with Crippen molar-refractivity contribution in [2.24, 2.45) is 11.8 Å². The van der Waals surface area contributed by atoms with Crippen LogP contribution < -0.4 is 0 Å². The first-order chi connectivity index (χ1) is 11.7. The van der Waals surface area contributed by atoms with Gasteiger partial charge in [0.1, 0.15) is 30.5 Å². The van der Waals surface area contributed by atoms with Crippen LogP contribution in [0.5, 0.6) is 0 Å². The van der Waals surface area contributed by atoms with Crippen molar-refractivity contribution >= 4 is 0 Å². The van der Waals surface area contributed by atoms with Crippen LogP contribution in [0.3, 0.4) is 0 Å². The summed E-state index contributed by atoms with van der Waals surface area (Å²) < 4.78 is 16.1. The van der Waals surface area contributed by atoms with Crippen LogP contribution in [0.4, 0.5) is 0 Å². The highest BCUT2D eigenvalue weighted by molar-refractivity contribution is 5.14. The molecule has 10 nitrogen and oxygen atoms in total. The highest BCUT2D eigenvalue weighted by Gasteiger charge is 2.61. The second-order valence-corrected chi connectivity index (χ2v) is 6.93. The van der Waals surface area contributed by atoms with E-state index in [4.69, 9.17) is 14.2 Å². The first kappa shape index (κ1) is 19.0. The van der Waals surface area contributed by atoms with Crippen LogP contribution in [0, 0.1) is 11.8 Å². The van der Waals surface area contributed by atoms with Crippen LogP contribution in [-0.2, 0) is 14.2 Å². The molecule has 0 aromatic carbocycles. The zero-order valence-electron chi connectivity index (χ0n) is 13.5. The summed E-state index contributed by atoms with van der Waals surface area (Å²) in [4.78, 5) is 0. The molecule has 0 unspecified atom stereocenters. The lowest BCUT2D eigenvalue weighted by Crippen LogP contribution is -2.60. The van der Waals surface area contributed by atoms with Gasteiger partial charge in [0.05, 0.1) is 30.5 Å². The highest BCUT2D eigenvalue weighted by atomic mass is 16.8. The highest BCUT2D eigenvalue weighted by Crippen LogP contribution is 2.46. The van der Waals surface area contributed by atoms with E-state index in [0.29, 0.717) is 0 Å². The van der Waals surface area contributed by atoms with Crippen molar-refractivity contribution in [3.05, 3.63) is 12.3 Å². The Morgan fingerprint density at radius 1 is 1.00 bits per heavy atom. The molecule has 0 radical (unpaired) electrons. The summed E-state index contributed by atoms with van der Waals surface area (Å²) in [5.74, 6) is -1.54. The quantitative estimate of drug-likeness (QED) is 0.265. The molecule has 0 spiro atoms. The van der Waals surface area contributed by atoms with Crippen LogP contribution >= 0.6 is 0 Å². The van der Waals surface area contributed by atoms with E-state index in [-0.39, 0.29) is 0 Å². The minimum absolute atomic E-state index is 0.614. The number of ether oxygens (including phenoxy) is 3. The lowest BCUT2D eigenvalue weighted by atomic mass is 9.84. The van der Waals surface area contributed by atoms with E-state index in [9.17, 15) is 35.7 Å². The Morgan fingerprint density at radius 3 is 2.32 bits per heavy atom. The molecule has 10 heteroatoms. The third-order valence-electron chi connectivity index (χ3n) is 5.33. The van der Waals surface area contributed by atoms with Gasteiger partial charge in [-0.15, -0.1) is 0 Å². The van der Waals surface area contributed by atoms with Gasteiger partial charge in [0.25, 0.3) is 0 Å². The Bertz CT molecular complexity index is 509. The average molecular weight is 364 g/mol. The molecule has 0 amide bonds. The molecule has 1 aliphatic carbocycles. The first-order valence-electron chi connectivity index (χ1n) is 8.06. The smallest absolute Gasteiger partial charge is 0.208 e. The molecule has 1 saturated heterocycles. The van der Waals surface area contributed by atoms with Crippen molar-refractivity contribution in [1.82, 2.24) is 0 Å². The van der Waals surface area contributed by atoms with Crippen molar-refractivity contribution in [3.8, 4) is 0 Å². The van der Waals surface area contributed by atoms with Gasteiger partial charge < -0.3 is 50.0 Å². The number of fused-ring (bicyclic) bond motifs is 1. The van der Waals surface area contributed by atoms with E-state index in [2.05, 4.69) is 0 Å². The Labute approximate surface area is 143 Å². The largest absolute Gasteiger partial charge is 0.472 e. The Kier molecular flexibility index (Phi) is 5.10. The molecular formula is C15H24O10. The molecule has 0 aromatic heterocycles. The van der Waals surface area contributed by atoms with Crippen molar-refractivity contribution in [1.29, 1.82) is 0 Å². The van der Waals surface area contributed by atoms with Gasteiger partial charge in [0.2, 0.25) is 6.29 Å². The molecular weight excluding hydrogens is 340 g/mol. The second-order valence-electron chi connectivity index (χ2n) is 6.93. The number of aliphatic hydroxyl groups is 7. The minimum Gasteiger partial charge on any atom is -0.472 e. The van der Waals surface area contributed by atoms with Gasteiger partial charge in [-0.3, -0.25) is 0 Å². The van der Waals surface area contributed by atoms with Gasteiger partial charge >= 0.3 is 0 Å². The summed E-state index contributed by atoms with van der Waals surface area (Å²) >= 11 is 0. The zero-order valence-corrected chi connectivity index (χ0v) is 13.5. The molecule has 11 atom stereocenters. The molecule has 2 heterocycles. The summed E-state index contributed by atoms with van der Waals surface area (Å²) in [5, 5.41) is 69.6. The summed E-state index contributed by atoms with van der Waals surface area (Å²) in [7, 11) is 0. The molecule has 2 aliphatic heterocycles. The van der Waals surface area contributed by atoms with E-state index in [1.165, 1.54) is 19.3 Å². The SMILES string of the molecule is C[C@@]1(O)[C@H]2[C@H](O[C@@H]3O[C@H](CO)[C@@H](O)[C@H](O)[C@H]3O)OC=C[C@H]2[C@@H](O)[C@@H]1O. The molecule has 2 fully saturated rings. The topological polar surface area (TPSA) is 169 Å². The van der Waals surface area contributed by atoms with Crippen molar-refractivity contribution < 1.29 is 50.0 Å². The van der Waals surface area contributed by atoms with E-state index >= 15 is 0 Å². The van der Waals surface area contributed by atoms with Crippen molar-refractivity contribution in [2.75, 3.05) is 6.61 Å². The predicted molar refractivity (Wildman–Crippen MR) is 78.5 cm³/mol. The van der Waals surface area contributed by atoms with E-state index in [1.54, 1.807) is 0 Å². The predicted octanol–water partition coefficient (Wildman–Crippen LogP) is -3.61. The second kappa shape index (κ2) is 6.72. The Balaban J connectivity index is 1.79. The van der Waals surface area contributed by atoms with Crippen LogP contribution in [0.25, 0.3) is 0 Å². The van der Waals surface area contributed by atoms with Crippen LogP contribution in [0.1, 0.15) is 6.92 Å².